The molecule has 0 aliphatic rings. The Morgan fingerprint density at radius 1 is 1.00 bits per heavy atom. The lowest BCUT2D eigenvalue weighted by atomic mass is 10.2. The molecule has 3 rings (SSSR count). The van der Waals surface area contributed by atoms with Gasteiger partial charge in [0.25, 0.3) is 0 Å². The van der Waals surface area contributed by atoms with Gasteiger partial charge in [0, 0.05) is 35.7 Å². The number of anilines is 1. The van der Waals surface area contributed by atoms with Crippen molar-refractivity contribution < 1.29 is 13.2 Å². The van der Waals surface area contributed by atoms with Crippen LogP contribution >= 0.6 is 11.6 Å². The number of hydrogen-bond donors (Lipinski definition) is 2. The van der Waals surface area contributed by atoms with Gasteiger partial charge in [0.05, 0.1) is 4.90 Å². The van der Waals surface area contributed by atoms with E-state index in [0.29, 0.717) is 16.3 Å². The first-order valence-electron chi connectivity index (χ1n) is 8.66. The number of pyridine rings is 1. The summed E-state index contributed by atoms with van der Waals surface area (Å²) in [6.45, 7) is 0.0836. The van der Waals surface area contributed by atoms with E-state index >= 15 is 0 Å². The molecule has 0 saturated carbocycles. The highest BCUT2D eigenvalue weighted by Gasteiger charge is 2.14. The van der Waals surface area contributed by atoms with Crippen molar-refractivity contribution in [3.63, 3.8) is 0 Å². The largest absolute Gasteiger partial charge is 0.323 e. The Hall–Kier alpha value is -3.00. The molecule has 0 aliphatic heterocycles. The first kappa shape index (κ1) is 20.7. The lowest BCUT2D eigenvalue weighted by Crippen LogP contribution is -2.23. The quantitative estimate of drug-likeness (QED) is 0.560. The normalized spacial score (nSPS) is 11.5. The van der Waals surface area contributed by atoms with Gasteiger partial charge in [-0.3, -0.25) is 9.78 Å². The number of carbonyl (C=O) groups excluding carboxylic acids is 1. The van der Waals surface area contributed by atoms with Gasteiger partial charge in [-0.2, -0.15) is 0 Å². The monoisotopic (exact) mass is 427 g/mol. The molecule has 0 spiro atoms. The zero-order valence-electron chi connectivity index (χ0n) is 15.2. The van der Waals surface area contributed by atoms with Gasteiger partial charge < -0.3 is 5.32 Å². The van der Waals surface area contributed by atoms with Crippen molar-refractivity contribution in [3.05, 3.63) is 95.3 Å². The van der Waals surface area contributed by atoms with Gasteiger partial charge in [-0.25, -0.2) is 13.1 Å². The van der Waals surface area contributed by atoms with Crippen molar-refractivity contribution >= 4 is 39.3 Å². The second-order valence-corrected chi connectivity index (χ2v) is 8.22. The Kier molecular flexibility index (Phi) is 6.77. The van der Waals surface area contributed by atoms with Gasteiger partial charge in [0.15, 0.2) is 0 Å². The molecular formula is C21H18ClN3O3S. The van der Waals surface area contributed by atoms with Gasteiger partial charge in [-0.15, -0.1) is 0 Å². The minimum atomic E-state index is -3.71. The van der Waals surface area contributed by atoms with Crippen molar-refractivity contribution in [2.24, 2.45) is 0 Å². The Morgan fingerprint density at radius 2 is 1.69 bits per heavy atom. The number of nitrogens with one attached hydrogen (secondary N) is 2. The van der Waals surface area contributed by atoms with Gasteiger partial charge in [0.1, 0.15) is 0 Å². The van der Waals surface area contributed by atoms with E-state index in [1.54, 1.807) is 54.9 Å². The Bertz CT molecular complexity index is 1120. The molecule has 0 bridgehead atoms. The Morgan fingerprint density at radius 3 is 2.38 bits per heavy atom. The molecule has 0 fully saturated rings. The third-order valence-corrected chi connectivity index (χ3v) is 5.76. The summed E-state index contributed by atoms with van der Waals surface area (Å²) in [7, 11) is -3.71. The van der Waals surface area contributed by atoms with Crippen LogP contribution in [0.2, 0.25) is 5.02 Å². The molecule has 0 unspecified atom stereocenters. The van der Waals surface area contributed by atoms with E-state index < -0.39 is 10.0 Å². The highest BCUT2D eigenvalue weighted by Crippen LogP contribution is 2.17. The zero-order valence-corrected chi connectivity index (χ0v) is 16.8. The topological polar surface area (TPSA) is 88.2 Å². The third-order valence-electron chi connectivity index (χ3n) is 3.98. The summed E-state index contributed by atoms with van der Waals surface area (Å²) >= 11 is 6.05. The molecular weight excluding hydrogens is 410 g/mol. The van der Waals surface area contributed by atoms with Crippen LogP contribution in [-0.2, 0) is 21.4 Å². The number of benzene rings is 2. The molecule has 3 aromatic rings. The van der Waals surface area contributed by atoms with Crippen molar-refractivity contribution in [2.45, 2.75) is 11.4 Å². The van der Waals surface area contributed by atoms with Crippen molar-refractivity contribution in [1.29, 1.82) is 0 Å². The minimum Gasteiger partial charge on any atom is -0.323 e. The number of carbonyl (C=O) groups is 1. The van der Waals surface area contributed by atoms with E-state index in [1.807, 2.05) is 0 Å². The molecule has 2 N–H and O–H groups in total. The highest BCUT2D eigenvalue weighted by molar-refractivity contribution is 7.89. The lowest BCUT2D eigenvalue weighted by molar-refractivity contribution is -0.111. The summed E-state index contributed by atoms with van der Waals surface area (Å²) in [5.74, 6) is -0.325. The third kappa shape index (κ3) is 5.99. The fraction of sp³-hybridized carbons (Fsp3) is 0.0476. The maximum absolute atomic E-state index is 12.5. The van der Waals surface area contributed by atoms with Gasteiger partial charge in [-0.1, -0.05) is 29.8 Å². The van der Waals surface area contributed by atoms with E-state index in [4.69, 9.17) is 11.6 Å². The number of hydrogen-bond acceptors (Lipinski definition) is 4. The van der Waals surface area contributed by atoms with Crippen molar-refractivity contribution in [3.8, 4) is 0 Å². The van der Waals surface area contributed by atoms with Crippen LogP contribution in [0.15, 0.2) is 84.0 Å². The van der Waals surface area contributed by atoms with E-state index in [-0.39, 0.29) is 17.3 Å². The maximum Gasteiger partial charge on any atom is 0.248 e. The van der Waals surface area contributed by atoms with Crippen LogP contribution in [0.25, 0.3) is 6.08 Å². The van der Waals surface area contributed by atoms with Gasteiger partial charge >= 0.3 is 0 Å². The van der Waals surface area contributed by atoms with Crippen LogP contribution in [0.4, 0.5) is 5.69 Å². The average Bonchev–Trinajstić information content (AvgIpc) is 2.73. The number of rotatable bonds is 7. The van der Waals surface area contributed by atoms with Crippen LogP contribution in [-0.4, -0.2) is 19.3 Å². The summed E-state index contributed by atoms with van der Waals surface area (Å²) in [4.78, 5) is 16.0. The van der Waals surface area contributed by atoms with Crippen LogP contribution in [0.1, 0.15) is 11.1 Å². The first-order valence-corrected chi connectivity index (χ1v) is 10.5. The SMILES string of the molecule is O=C(/C=C/c1ccncc1)Nc1ccc(S(=O)(=O)NCc2ccccc2Cl)cc1. The fourth-order valence-electron chi connectivity index (χ4n) is 2.45. The molecule has 0 atom stereocenters. The summed E-state index contributed by atoms with van der Waals surface area (Å²) < 4.78 is 27.4. The maximum atomic E-state index is 12.5. The van der Waals surface area contributed by atoms with E-state index in [1.165, 1.54) is 30.3 Å². The highest BCUT2D eigenvalue weighted by atomic mass is 35.5. The number of aromatic nitrogens is 1. The van der Waals surface area contributed by atoms with E-state index in [0.717, 1.165) is 5.56 Å². The summed E-state index contributed by atoms with van der Waals surface area (Å²) in [6.07, 6.45) is 6.33. The summed E-state index contributed by atoms with van der Waals surface area (Å²) in [5.41, 5.74) is 2.02. The number of sulfonamides is 1. The molecule has 1 heterocycles. The Labute approximate surface area is 174 Å². The second-order valence-electron chi connectivity index (χ2n) is 6.04. The predicted octanol–water partition coefficient (Wildman–Crippen LogP) is 3.87. The van der Waals surface area contributed by atoms with E-state index in [2.05, 4.69) is 15.0 Å². The molecule has 148 valence electrons. The van der Waals surface area contributed by atoms with Gasteiger partial charge in [0.2, 0.25) is 15.9 Å². The molecule has 1 aromatic heterocycles. The summed E-state index contributed by atoms with van der Waals surface area (Å²) in [6, 6.07) is 16.5. The van der Waals surface area contributed by atoms with Crippen LogP contribution in [0.5, 0.6) is 0 Å². The number of nitrogens with zero attached hydrogens (tertiary/aromatic N) is 1. The molecule has 0 radical (unpaired) electrons. The number of amides is 1. The molecule has 8 heteroatoms. The minimum absolute atomic E-state index is 0.0836. The summed E-state index contributed by atoms with van der Waals surface area (Å²) in [5, 5.41) is 3.18. The molecule has 1 amide bonds. The molecule has 2 aromatic carbocycles. The lowest BCUT2D eigenvalue weighted by Gasteiger charge is -2.09. The number of halogens is 1. The molecule has 0 aliphatic carbocycles. The zero-order chi connectivity index (χ0) is 20.7. The molecule has 0 saturated heterocycles. The van der Waals surface area contributed by atoms with Crippen LogP contribution < -0.4 is 10.0 Å². The first-order chi connectivity index (χ1) is 13.9. The second kappa shape index (κ2) is 9.47. The smallest absolute Gasteiger partial charge is 0.248 e. The van der Waals surface area contributed by atoms with Crippen molar-refractivity contribution in [1.82, 2.24) is 9.71 Å². The average molecular weight is 428 g/mol. The van der Waals surface area contributed by atoms with Crippen LogP contribution in [0, 0.1) is 0 Å². The van der Waals surface area contributed by atoms with E-state index in [9.17, 15) is 13.2 Å². The van der Waals surface area contributed by atoms with Crippen LogP contribution in [0.3, 0.4) is 0 Å². The predicted molar refractivity (Wildman–Crippen MR) is 114 cm³/mol. The fourth-order valence-corrected chi connectivity index (χ4v) is 3.65. The molecule has 6 nitrogen and oxygen atoms in total. The molecule has 29 heavy (non-hydrogen) atoms. The standard InChI is InChI=1S/C21H18ClN3O3S/c22-20-4-2-1-3-17(20)15-24-29(27,28)19-8-6-18(7-9-19)25-21(26)10-5-16-11-13-23-14-12-16/h1-14,24H,15H2,(H,25,26)/b10-5+. The van der Waals surface area contributed by atoms with Gasteiger partial charge in [-0.05, 0) is 59.7 Å². The van der Waals surface area contributed by atoms with Crippen molar-refractivity contribution in [2.75, 3.05) is 5.32 Å². The Balaban J connectivity index is 1.60.